The molecule has 1 saturated heterocycles. The van der Waals surface area contributed by atoms with Crippen LogP contribution in [0.5, 0.6) is 0 Å². The predicted molar refractivity (Wildman–Crippen MR) is 97.6 cm³/mol. The van der Waals surface area contributed by atoms with Gasteiger partial charge in [-0.05, 0) is 32.0 Å². The molecule has 0 atom stereocenters. The lowest BCUT2D eigenvalue weighted by Crippen LogP contribution is -2.49. The van der Waals surface area contributed by atoms with E-state index in [1.807, 2.05) is 43.0 Å². The second kappa shape index (κ2) is 7.92. The van der Waals surface area contributed by atoms with Gasteiger partial charge in [-0.25, -0.2) is 15.0 Å². The summed E-state index contributed by atoms with van der Waals surface area (Å²) in [5, 5.41) is 3.14. The third-order valence-corrected chi connectivity index (χ3v) is 4.21. The molecule has 25 heavy (non-hydrogen) atoms. The molecule has 2 aromatic rings. The molecule has 1 fully saturated rings. The summed E-state index contributed by atoms with van der Waals surface area (Å²) in [7, 11) is 0. The van der Waals surface area contributed by atoms with Gasteiger partial charge in [0.2, 0.25) is 11.9 Å². The highest BCUT2D eigenvalue weighted by molar-refractivity contribution is 5.77. The monoisotopic (exact) mass is 340 g/mol. The van der Waals surface area contributed by atoms with Gasteiger partial charge in [0.25, 0.3) is 0 Å². The van der Waals surface area contributed by atoms with Crippen molar-refractivity contribution in [3.8, 4) is 0 Å². The topological polar surface area (TPSA) is 74.2 Å². The van der Waals surface area contributed by atoms with E-state index in [-0.39, 0.29) is 5.91 Å². The molecule has 7 nitrogen and oxygen atoms in total. The maximum absolute atomic E-state index is 12.4. The van der Waals surface area contributed by atoms with E-state index in [0.717, 1.165) is 43.4 Å². The number of aromatic nitrogens is 3. The van der Waals surface area contributed by atoms with Gasteiger partial charge in [-0.1, -0.05) is 6.07 Å². The van der Waals surface area contributed by atoms with Crippen molar-refractivity contribution in [1.29, 1.82) is 0 Å². The normalized spacial score (nSPS) is 14.5. The lowest BCUT2D eigenvalue weighted by Gasteiger charge is -2.35. The van der Waals surface area contributed by atoms with Crippen molar-refractivity contribution in [3.63, 3.8) is 0 Å². The number of rotatable bonds is 5. The van der Waals surface area contributed by atoms with Crippen molar-refractivity contribution in [2.45, 2.75) is 20.3 Å². The first-order valence-electron chi connectivity index (χ1n) is 8.62. The fourth-order valence-corrected chi connectivity index (χ4v) is 2.97. The Morgan fingerprint density at radius 3 is 2.48 bits per heavy atom. The smallest absolute Gasteiger partial charge is 0.224 e. The highest BCUT2D eigenvalue weighted by Gasteiger charge is 2.21. The lowest BCUT2D eigenvalue weighted by molar-refractivity contribution is -0.131. The summed E-state index contributed by atoms with van der Waals surface area (Å²) in [6.07, 6.45) is 2.24. The van der Waals surface area contributed by atoms with Crippen molar-refractivity contribution in [1.82, 2.24) is 19.9 Å². The molecule has 0 spiro atoms. The molecular weight excluding hydrogens is 316 g/mol. The summed E-state index contributed by atoms with van der Waals surface area (Å²) in [5.74, 6) is 1.73. The van der Waals surface area contributed by atoms with Crippen molar-refractivity contribution >= 4 is 17.7 Å². The third-order valence-electron chi connectivity index (χ3n) is 4.21. The van der Waals surface area contributed by atoms with Crippen LogP contribution in [0.4, 0.5) is 11.8 Å². The van der Waals surface area contributed by atoms with Crippen LogP contribution in [0.25, 0.3) is 0 Å². The molecule has 7 heteroatoms. The predicted octanol–water partition coefficient (Wildman–Crippen LogP) is 1.64. The van der Waals surface area contributed by atoms with Crippen molar-refractivity contribution in [2.75, 3.05) is 42.9 Å². The minimum Gasteiger partial charge on any atom is -0.354 e. The zero-order valence-electron chi connectivity index (χ0n) is 14.8. The minimum absolute atomic E-state index is 0.164. The Morgan fingerprint density at radius 1 is 1.12 bits per heavy atom. The van der Waals surface area contributed by atoms with Crippen LogP contribution < -0.4 is 10.2 Å². The largest absolute Gasteiger partial charge is 0.354 e. The molecule has 3 rings (SSSR count). The molecule has 0 radical (unpaired) electrons. The minimum atomic E-state index is 0.164. The average Bonchev–Trinajstić information content (AvgIpc) is 2.62. The molecule has 1 aliphatic heterocycles. The summed E-state index contributed by atoms with van der Waals surface area (Å²) < 4.78 is 0. The first-order valence-corrected chi connectivity index (χ1v) is 8.62. The number of hydrogen-bond donors (Lipinski definition) is 1. The van der Waals surface area contributed by atoms with Crippen LogP contribution in [0, 0.1) is 13.8 Å². The van der Waals surface area contributed by atoms with Crippen LogP contribution in [0.15, 0.2) is 30.5 Å². The van der Waals surface area contributed by atoms with E-state index in [0.29, 0.717) is 18.9 Å². The average molecular weight is 340 g/mol. The molecule has 3 heterocycles. The van der Waals surface area contributed by atoms with Gasteiger partial charge in [-0.15, -0.1) is 0 Å². The molecule has 0 aromatic carbocycles. The maximum Gasteiger partial charge on any atom is 0.224 e. The molecule has 2 aromatic heterocycles. The van der Waals surface area contributed by atoms with Gasteiger partial charge in [0.05, 0.1) is 0 Å². The maximum atomic E-state index is 12.4. The zero-order chi connectivity index (χ0) is 17.6. The van der Waals surface area contributed by atoms with Gasteiger partial charge in [0.1, 0.15) is 5.82 Å². The van der Waals surface area contributed by atoms with Crippen molar-refractivity contribution in [2.24, 2.45) is 0 Å². The standard InChI is InChI=1S/C18H24N6O/c1-14-13-15(2)22-18(21-14)20-8-6-17(25)24-11-9-23(10-12-24)16-5-3-4-7-19-16/h3-5,7,13H,6,8-12H2,1-2H3,(H,20,21,22). The number of carbonyl (C=O) groups is 1. The quantitative estimate of drug-likeness (QED) is 0.892. The first kappa shape index (κ1) is 17.1. The summed E-state index contributed by atoms with van der Waals surface area (Å²) in [5.41, 5.74) is 1.85. The number of nitrogens with one attached hydrogen (secondary N) is 1. The molecule has 1 amide bonds. The SMILES string of the molecule is Cc1cc(C)nc(NCCC(=O)N2CCN(c3ccccn3)CC2)n1. The van der Waals surface area contributed by atoms with Crippen LogP contribution >= 0.6 is 0 Å². The number of piperazine rings is 1. The molecule has 1 N–H and O–H groups in total. The van der Waals surface area contributed by atoms with E-state index in [2.05, 4.69) is 25.2 Å². The van der Waals surface area contributed by atoms with E-state index < -0.39 is 0 Å². The number of hydrogen-bond acceptors (Lipinski definition) is 6. The Bertz CT molecular complexity index is 693. The molecule has 0 unspecified atom stereocenters. The van der Waals surface area contributed by atoms with Gasteiger partial charge >= 0.3 is 0 Å². The van der Waals surface area contributed by atoms with Crippen molar-refractivity contribution < 1.29 is 4.79 Å². The van der Waals surface area contributed by atoms with Crippen LogP contribution in [0.3, 0.4) is 0 Å². The Hall–Kier alpha value is -2.70. The summed E-state index contributed by atoms with van der Waals surface area (Å²) in [4.78, 5) is 29.5. The number of pyridine rings is 1. The summed E-state index contributed by atoms with van der Waals surface area (Å²) in [6.45, 7) is 7.51. The fourth-order valence-electron chi connectivity index (χ4n) is 2.97. The molecule has 132 valence electrons. The highest BCUT2D eigenvalue weighted by Crippen LogP contribution is 2.13. The van der Waals surface area contributed by atoms with Gasteiger partial charge < -0.3 is 15.1 Å². The number of anilines is 2. The van der Waals surface area contributed by atoms with E-state index in [4.69, 9.17) is 0 Å². The van der Waals surface area contributed by atoms with E-state index in [1.165, 1.54) is 0 Å². The van der Waals surface area contributed by atoms with Gasteiger partial charge in [0.15, 0.2) is 0 Å². The number of carbonyl (C=O) groups excluding carboxylic acids is 1. The number of nitrogens with zero attached hydrogens (tertiary/aromatic N) is 5. The Kier molecular flexibility index (Phi) is 5.42. The van der Waals surface area contributed by atoms with E-state index >= 15 is 0 Å². The van der Waals surface area contributed by atoms with Crippen molar-refractivity contribution in [3.05, 3.63) is 41.9 Å². The fraction of sp³-hybridized carbons (Fsp3) is 0.444. The second-order valence-corrected chi connectivity index (χ2v) is 6.21. The van der Waals surface area contributed by atoms with Gasteiger partial charge in [-0.3, -0.25) is 4.79 Å². The zero-order valence-corrected chi connectivity index (χ0v) is 14.8. The summed E-state index contributed by atoms with van der Waals surface area (Å²) in [6, 6.07) is 7.83. The lowest BCUT2D eigenvalue weighted by atomic mass is 10.2. The van der Waals surface area contributed by atoms with Crippen LogP contribution in [0.2, 0.25) is 0 Å². The molecule has 0 bridgehead atoms. The number of amides is 1. The first-order chi connectivity index (χ1) is 12.1. The van der Waals surface area contributed by atoms with Crippen LogP contribution in [-0.2, 0) is 4.79 Å². The third kappa shape index (κ3) is 4.65. The van der Waals surface area contributed by atoms with Gasteiger partial charge in [-0.2, -0.15) is 0 Å². The van der Waals surface area contributed by atoms with Crippen LogP contribution in [-0.4, -0.2) is 58.5 Å². The Morgan fingerprint density at radius 2 is 1.84 bits per heavy atom. The molecular formula is C18H24N6O. The summed E-state index contributed by atoms with van der Waals surface area (Å²) >= 11 is 0. The second-order valence-electron chi connectivity index (χ2n) is 6.21. The number of aryl methyl sites for hydroxylation is 2. The van der Waals surface area contributed by atoms with E-state index in [1.54, 1.807) is 6.20 Å². The Balaban J connectivity index is 1.43. The van der Waals surface area contributed by atoms with Gasteiger partial charge in [0, 0.05) is 56.7 Å². The van der Waals surface area contributed by atoms with Crippen LogP contribution in [0.1, 0.15) is 17.8 Å². The molecule has 0 saturated carbocycles. The Labute approximate surface area is 148 Å². The molecule has 0 aliphatic carbocycles. The highest BCUT2D eigenvalue weighted by atomic mass is 16.2. The molecule has 1 aliphatic rings. The van der Waals surface area contributed by atoms with E-state index in [9.17, 15) is 4.79 Å².